The number of thioether (sulfide) groups is 1. The van der Waals surface area contributed by atoms with Crippen molar-refractivity contribution in [3.8, 4) is 6.07 Å². The van der Waals surface area contributed by atoms with E-state index in [9.17, 15) is 10.1 Å². The van der Waals surface area contributed by atoms with Crippen LogP contribution in [-0.2, 0) is 4.79 Å². The molecule has 2 aromatic rings. The van der Waals surface area contributed by atoms with Crippen molar-refractivity contribution in [2.45, 2.75) is 44.6 Å². The Bertz CT molecular complexity index is 856. The summed E-state index contributed by atoms with van der Waals surface area (Å²) in [5, 5.41) is 11.1. The Labute approximate surface area is 159 Å². The number of amides is 1. The van der Waals surface area contributed by atoms with Crippen molar-refractivity contribution in [3.05, 3.63) is 35.4 Å². The van der Waals surface area contributed by atoms with Gasteiger partial charge in [0, 0.05) is 18.5 Å². The average Bonchev–Trinajstić information content (AvgIpc) is 2.64. The second-order valence-electron chi connectivity index (χ2n) is 7.44. The fourth-order valence-electron chi connectivity index (χ4n) is 3.36. The number of nitrogens with zero attached hydrogens (tertiary/aromatic N) is 3. The number of carbonyl (C=O) groups is 1. The van der Waals surface area contributed by atoms with Gasteiger partial charge in [-0.3, -0.25) is 4.79 Å². The van der Waals surface area contributed by atoms with Gasteiger partial charge < -0.3 is 4.90 Å². The fourth-order valence-corrected chi connectivity index (χ4v) is 4.23. The molecule has 0 saturated carbocycles. The van der Waals surface area contributed by atoms with Gasteiger partial charge >= 0.3 is 0 Å². The molecule has 2 heterocycles. The Morgan fingerprint density at radius 2 is 2.23 bits per heavy atom. The van der Waals surface area contributed by atoms with Gasteiger partial charge in [0.25, 0.3) is 0 Å². The first-order valence-electron chi connectivity index (χ1n) is 9.23. The van der Waals surface area contributed by atoms with Crippen LogP contribution in [0.4, 0.5) is 0 Å². The number of piperidine rings is 1. The summed E-state index contributed by atoms with van der Waals surface area (Å²) in [5.74, 6) is 1.48. The molecule has 26 heavy (non-hydrogen) atoms. The van der Waals surface area contributed by atoms with Gasteiger partial charge in [0.1, 0.15) is 11.1 Å². The molecule has 0 aliphatic carbocycles. The molecule has 1 atom stereocenters. The van der Waals surface area contributed by atoms with Crippen molar-refractivity contribution in [1.29, 1.82) is 5.26 Å². The highest BCUT2D eigenvalue weighted by Gasteiger charge is 2.21. The largest absolute Gasteiger partial charge is 0.342 e. The standard InChI is InChI=1S/C21H25N3OS/c1-14(2)16-6-7-19-17(9-16)10-18(11-22)21(23-19)26-13-20(25)24-8-4-5-15(3)12-24/h6-7,9-10,14-15H,4-5,8,12-13H2,1-3H3/t15-/m1/s1. The number of carbonyl (C=O) groups excluding carboxylic acids is 1. The Hall–Kier alpha value is -2.06. The van der Waals surface area contributed by atoms with Crippen molar-refractivity contribution >= 4 is 28.6 Å². The molecule has 1 aliphatic rings. The number of pyridine rings is 1. The minimum Gasteiger partial charge on any atom is -0.342 e. The van der Waals surface area contributed by atoms with Crippen molar-refractivity contribution in [2.24, 2.45) is 5.92 Å². The minimum absolute atomic E-state index is 0.141. The van der Waals surface area contributed by atoms with E-state index in [4.69, 9.17) is 0 Å². The zero-order chi connectivity index (χ0) is 18.7. The third kappa shape index (κ3) is 4.19. The molecule has 0 unspecified atom stereocenters. The average molecular weight is 368 g/mol. The number of nitriles is 1. The minimum atomic E-state index is 0.141. The number of benzene rings is 1. The summed E-state index contributed by atoms with van der Waals surface area (Å²) in [5.41, 5.74) is 2.65. The highest BCUT2D eigenvalue weighted by atomic mass is 32.2. The predicted octanol–water partition coefficient (Wildman–Crippen LogP) is 4.58. The number of likely N-dealkylation sites (tertiary alicyclic amines) is 1. The second-order valence-corrected chi connectivity index (χ2v) is 8.40. The van der Waals surface area contributed by atoms with Crippen molar-refractivity contribution in [3.63, 3.8) is 0 Å². The second kappa shape index (κ2) is 8.09. The first-order chi connectivity index (χ1) is 12.5. The number of fused-ring (bicyclic) bond motifs is 1. The molecule has 3 rings (SSSR count). The smallest absolute Gasteiger partial charge is 0.232 e. The van der Waals surface area contributed by atoms with Crippen LogP contribution in [0.5, 0.6) is 0 Å². The van der Waals surface area contributed by atoms with Crippen LogP contribution in [0.3, 0.4) is 0 Å². The van der Waals surface area contributed by atoms with E-state index in [1.54, 1.807) is 0 Å². The lowest BCUT2D eigenvalue weighted by Crippen LogP contribution is -2.40. The molecule has 136 valence electrons. The number of hydrogen-bond acceptors (Lipinski definition) is 4. The molecule has 5 heteroatoms. The molecule has 1 aromatic carbocycles. The molecule has 0 N–H and O–H groups in total. The van der Waals surface area contributed by atoms with Gasteiger partial charge in [-0.15, -0.1) is 0 Å². The fraction of sp³-hybridized carbons (Fsp3) is 0.476. The Morgan fingerprint density at radius 1 is 1.42 bits per heavy atom. The molecule has 1 fully saturated rings. The number of hydrogen-bond donors (Lipinski definition) is 0. The molecular formula is C21H25N3OS. The van der Waals surface area contributed by atoms with Crippen LogP contribution >= 0.6 is 11.8 Å². The van der Waals surface area contributed by atoms with Gasteiger partial charge in [-0.2, -0.15) is 5.26 Å². The Morgan fingerprint density at radius 3 is 2.92 bits per heavy atom. The summed E-state index contributed by atoms with van der Waals surface area (Å²) in [4.78, 5) is 19.1. The van der Waals surface area contributed by atoms with Crippen molar-refractivity contribution in [1.82, 2.24) is 9.88 Å². The zero-order valence-corrected chi connectivity index (χ0v) is 16.5. The first kappa shape index (κ1) is 18.7. The third-order valence-electron chi connectivity index (χ3n) is 4.93. The van der Waals surface area contributed by atoms with E-state index < -0.39 is 0 Å². The Balaban J connectivity index is 1.78. The SMILES string of the molecule is CC(C)c1ccc2nc(SCC(=O)N3CCC[C@@H](C)C3)c(C#N)cc2c1. The van der Waals surface area contributed by atoms with Crippen LogP contribution in [-0.4, -0.2) is 34.6 Å². The van der Waals surface area contributed by atoms with Gasteiger partial charge in [0.15, 0.2) is 0 Å². The highest BCUT2D eigenvalue weighted by molar-refractivity contribution is 8.00. The monoisotopic (exact) mass is 367 g/mol. The molecule has 0 spiro atoms. The van der Waals surface area contributed by atoms with Gasteiger partial charge in [0.2, 0.25) is 5.91 Å². The van der Waals surface area contributed by atoms with E-state index in [0.29, 0.717) is 28.2 Å². The summed E-state index contributed by atoms with van der Waals surface area (Å²) in [6.45, 7) is 8.18. The molecule has 1 saturated heterocycles. The zero-order valence-electron chi connectivity index (χ0n) is 15.7. The Kier molecular flexibility index (Phi) is 5.83. The third-order valence-corrected chi connectivity index (χ3v) is 5.91. The summed E-state index contributed by atoms with van der Waals surface area (Å²) in [6.07, 6.45) is 2.27. The van der Waals surface area contributed by atoms with E-state index in [2.05, 4.69) is 44.0 Å². The molecule has 1 aromatic heterocycles. The van der Waals surface area contributed by atoms with Crippen molar-refractivity contribution < 1.29 is 4.79 Å². The topological polar surface area (TPSA) is 57.0 Å². The summed E-state index contributed by atoms with van der Waals surface area (Å²) >= 11 is 1.38. The molecular weight excluding hydrogens is 342 g/mol. The van der Waals surface area contributed by atoms with Gasteiger partial charge in [-0.05, 0) is 48.4 Å². The quantitative estimate of drug-likeness (QED) is 0.742. The van der Waals surface area contributed by atoms with E-state index in [0.717, 1.165) is 30.4 Å². The summed E-state index contributed by atoms with van der Waals surface area (Å²) < 4.78 is 0. The maximum absolute atomic E-state index is 12.5. The normalized spacial score (nSPS) is 17.5. The molecule has 4 nitrogen and oxygen atoms in total. The van der Waals surface area contributed by atoms with Crippen LogP contribution in [0.25, 0.3) is 10.9 Å². The maximum atomic E-state index is 12.5. The van der Waals surface area contributed by atoms with Crippen LogP contribution < -0.4 is 0 Å². The van der Waals surface area contributed by atoms with E-state index in [1.165, 1.54) is 23.7 Å². The van der Waals surface area contributed by atoms with Crippen LogP contribution in [0.15, 0.2) is 29.3 Å². The number of aromatic nitrogens is 1. The van der Waals surface area contributed by atoms with Crippen LogP contribution in [0.1, 0.15) is 50.7 Å². The molecule has 1 aliphatic heterocycles. The van der Waals surface area contributed by atoms with E-state index in [-0.39, 0.29) is 5.91 Å². The van der Waals surface area contributed by atoms with Gasteiger partial charge in [0.05, 0.1) is 16.8 Å². The highest BCUT2D eigenvalue weighted by Crippen LogP contribution is 2.27. The van der Waals surface area contributed by atoms with Crippen LogP contribution in [0, 0.1) is 17.2 Å². The van der Waals surface area contributed by atoms with E-state index in [1.807, 2.05) is 17.0 Å². The van der Waals surface area contributed by atoms with Gasteiger partial charge in [-0.1, -0.05) is 38.6 Å². The predicted molar refractivity (Wildman–Crippen MR) is 106 cm³/mol. The molecule has 0 radical (unpaired) electrons. The maximum Gasteiger partial charge on any atom is 0.232 e. The lowest BCUT2D eigenvalue weighted by atomic mass is 10.0. The lowest BCUT2D eigenvalue weighted by Gasteiger charge is -2.30. The van der Waals surface area contributed by atoms with Crippen LogP contribution in [0.2, 0.25) is 0 Å². The van der Waals surface area contributed by atoms with Gasteiger partial charge in [-0.25, -0.2) is 4.98 Å². The van der Waals surface area contributed by atoms with E-state index >= 15 is 0 Å². The molecule has 0 bridgehead atoms. The lowest BCUT2D eigenvalue weighted by molar-refractivity contribution is -0.130. The molecule has 1 amide bonds. The number of rotatable bonds is 4. The van der Waals surface area contributed by atoms with Crippen molar-refractivity contribution in [2.75, 3.05) is 18.8 Å². The summed E-state index contributed by atoms with van der Waals surface area (Å²) in [6, 6.07) is 10.3. The first-order valence-corrected chi connectivity index (χ1v) is 10.2. The summed E-state index contributed by atoms with van der Waals surface area (Å²) in [7, 11) is 0.